The molecule has 1 atom stereocenters. The van der Waals surface area contributed by atoms with Crippen LogP contribution >= 0.6 is 0 Å². The van der Waals surface area contributed by atoms with Gasteiger partial charge in [-0.1, -0.05) is 48.5 Å². The minimum Gasteiger partial charge on any atom is -0.392 e. The third-order valence-electron chi connectivity index (χ3n) is 4.76. The van der Waals surface area contributed by atoms with Crippen LogP contribution in [-0.2, 0) is 0 Å². The van der Waals surface area contributed by atoms with Crippen LogP contribution in [-0.4, -0.2) is 29.2 Å². The summed E-state index contributed by atoms with van der Waals surface area (Å²) in [5, 5.41) is 10.1. The second-order valence-electron chi connectivity index (χ2n) is 6.41. The van der Waals surface area contributed by atoms with Crippen molar-refractivity contribution in [2.75, 3.05) is 13.1 Å². The molecule has 0 aliphatic carbocycles. The third-order valence-corrected chi connectivity index (χ3v) is 4.76. The average molecular weight is 295 g/mol. The number of nitrogens with zero attached hydrogens (tertiary/aromatic N) is 1. The van der Waals surface area contributed by atoms with Gasteiger partial charge in [0.15, 0.2) is 0 Å². The summed E-state index contributed by atoms with van der Waals surface area (Å²) >= 11 is 0. The second kappa shape index (κ2) is 6.64. The van der Waals surface area contributed by atoms with Crippen molar-refractivity contribution >= 4 is 0 Å². The van der Waals surface area contributed by atoms with Crippen molar-refractivity contribution in [2.24, 2.45) is 0 Å². The van der Waals surface area contributed by atoms with E-state index in [1.165, 1.54) is 22.3 Å². The lowest BCUT2D eigenvalue weighted by Crippen LogP contribution is -2.41. The minimum absolute atomic E-state index is 0.204. The first kappa shape index (κ1) is 15.3. The Balaban J connectivity index is 2.06. The number of benzene rings is 2. The molecule has 0 amide bonds. The molecule has 0 radical (unpaired) electrons. The molecule has 1 N–H and O–H groups in total. The van der Waals surface area contributed by atoms with E-state index in [-0.39, 0.29) is 12.1 Å². The molecule has 1 saturated heterocycles. The van der Waals surface area contributed by atoms with Gasteiger partial charge in [0.05, 0.1) is 12.1 Å². The highest BCUT2D eigenvalue weighted by molar-refractivity contribution is 5.40. The summed E-state index contributed by atoms with van der Waals surface area (Å²) in [6, 6.07) is 17.5. The number of aliphatic hydroxyl groups excluding tert-OH is 1. The second-order valence-corrected chi connectivity index (χ2v) is 6.41. The number of likely N-dealkylation sites (tertiary alicyclic amines) is 1. The van der Waals surface area contributed by atoms with Crippen LogP contribution in [0.3, 0.4) is 0 Å². The molecule has 0 saturated carbocycles. The van der Waals surface area contributed by atoms with E-state index < -0.39 is 0 Å². The molecule has 1 unspecified atom stereocenters. The van der Waals surface area contributed by atoms with Crippen molar-refractivity contribution in [1.82, 2.24) is 4.90 Å². The molecule has 0 spiro atoms. The van der Waals surface area contributed by atoms with Crippen molar-refractivity contribution in [3.63, 3.8) is 0 Å². The van der Waals surface area contributed by atoms with Crippen LogP contribution in [0.15, 0.2) is 48.5 Å². The van der Waals surface area contributed by atoms with Gasteiger partial charge in [0.1, 0.15) is 0 Å². The van der Waals surface area contributed by atoms with Crippen LogP contribution in [0, 0.1) is 13.8 Å². The van der Waals surface area contributed by atoms with Gasteiger partial charge in [-0.2, -0.15) is 0 Å². The number of aryl methyl sites for hydroxylation is 2. The predicted octanol–water partition coefficient (Wildman–Crippen LogP) is 3.85. The minimum atomic E-state index is -0.204. The number of aliphatic hydroxyl groups is 1. The Morgan fingerprint density at radius 1 is 0.955 bits per heavy atom. The van der Waals surface area contributed by atoms with Crippen molar-refractivity contribution in [3.05, 3.63) is 70.8 Å². The van der Waals surface area contributed by atoms with Crippen LogP contribution in [0.25, 0.3) is 0 Å². The summed E-state index contributed by atoms with van der Waals surface area (Å²) in [6.45, 7) is 6.17. The first-order valence-corrected chi connectivity index (χ1v) is 8.20. The highest BCUT2D eigenvalue weighted by atomic mass is 16.3. The van der Waals surface area contributed by atoms with Gasteiger partial charge < -0.3 is 5.11 Å². The van der Waals surface area contributed by atoms with E-state index in [2.05, 4.69) is 67.3 Å². The molecule has 22 heavy (non-hydrogen) atoms. The number of hydrogen-bond acceptors (Lipinski definition) is 2. The van der Waals surface area contributed by atoms with Crippen molar-refractivity contribution in [3.8, 4) is 0 Å². The fourth-order valence-corrected chi connectivity index (χ4v) is 3.57. The molecule has 0 bridgehead atoms. The SMILES string of the molecule is Cc1ccccc1C(c1ccccc1C)N1CCCC(O)C1. The Morgan fingerprint density at radius 2 is 1.50 bits per heavy atom. The molecule has 1 fully saturated rings. The van der Waals surface area contributed by atoms with Gasteiger partial charge in [0.25, 0.3) is 0 Å². The molecule has 2 aromatic rings. The lowest BCUT2D eigenvalue weighted by atomic mass is 9.89. The molecule has 1 heterocycles. The third kappa shape index (κ3) is 3.08. The molecule has 2 aromatic carbocycles. The smallest absolute Gasteiger partial charge is 0.0667 e. The van der Waals surface area contributed by atoms with E-state index in [0.717, 1.165) is 25.9 Å². The first-order valence-electron chi connectivity index (χ1n) is 8.20. The van der Waals surface area contributed by atoms with Gasteiger partial charge in [0.2, 0.25) is 0 Å². The molecule has 2 nitrogen and oxygen atoms in total. The van der Waals surface area contributed by atoms with E-state index in [1.54, 1.807) is 0 Å². The number of piperidine rings is 1. The zero-order valence-electron chi connectivity index (χ0n) is 13.5. The number of rotatable bonds is 3. The maximum atomic E-state index is 10.1. The summed E-state index contributed by atoms with van der Waals surface area (Å²) in [4.78, 5) is 2.44. The number of hydrogen-bond donors (Lipinski definition) is 1. The molecular weight excluding hydrogens is 270 g/mol. The summed E-state index contributed by atoms with van der Waals surface area (Å²) in [7, 11) is 0. The molecule has 3 rings (SSSR count). The average Bonchev–Trinajstić information content (AvgIpc) is 2.51. The van der Waals surface area contributed by atoms with E-state index in [0.29, 0.717) is 0 Å². The lowest BCUT2D eigenvalue weighted by molar-refractivity contribution is 0.0549. The van der Waals surface area contributed by atoms with E-state index in [1.807, 2.05) is 0 Å². The zero-order chi connectivity index (χ0) is 15.5. The van der Waals surface area contributed by atoms with Crippen LogP contribution < -0.4 is 0 Å². The quantitative estimate of drug-likeness (QED) is 0.929. The normalized spacial score (nSPS) is 19.5. The summed E-state index contributed by atoms with van der Waals surface area (Å²) in [5.41, 5.74) is 5.34. The fourth-order valence-electron chi connectivity index (χ4n) is 3.57. The largest absolute Gasteiger partial charge is 0.392 e. The zero-order valence-corrected chi connectivity index (χ0v) is 13.5. The summed E-state index contributed by atoms with van der Waals surface area (Å²) < 4.78 is 0. The Labute approximate surface area is 133 Å². The Kier molecular flexibility index (Phi) is 4.60. The maximum Gasteiger partial charge on any atom is 0.0667 e. The van der Waals surface area contributed by atoms with Crippen LogP contribution in [0.1, 0.15) is 41.1 Å². The Morgan fingerprint density at radius 3 is 2.00 bits per heavy atom. The standard InChI is InChI=1S/C20H25NO/c1-15-8-3-5-11-18(15)20(19-12-6-4-9-16(19)2)21-13-7-10-17(22)14-21/h3-6,8-9,11-12,17,20,22H,7,10,13-14H2,1-2H3. The lowest BCUT2D eigenvalue weighted by Gasteiger charge is -2.38. The highest BCUT2D eigenvalue weighted by Gasteiger charge is 2.28. The maximum absolute atomic E-state index is 10.1. The van der Waals surface area contributed by atoms with Gasteiger partial charge in [-0.25, -0.2) is 0 Å². The van der Waals surface area contributed by atoms with Gasteiger partial charge in [-0.05, 0) is 55.5 Å². The predicted molar refractivity (Wildman–Crippen MR) is 91.0 cm³/mol. The summed E-state index contributed by atoms with van der Waals surface area (Å²) in [6.07, 6.45) is 1.78. The van der Waals surface area contributed by atoms with Crippen molar-refractivity contribution < 1.29 is 5.11 Å². The Bertz CT molecular complexity index is 592. The Hall–Kier alpha value is -1.64. The number of β-amino-alcohol motifs (C(OH)–C–C–N with tert-alkyl or cyclic N) is 1. The molecule has 1 aliphatic heterocycles. The van der Waals surface area contributed by atoms with Gasteiger partial charge in [0, 0.05) is 6.54 Å². The van der Waals surface area contributed by atoms with Gasteiger partial charge in [-0.3, -0.25) is 4.90 Å². The van der Waals surface area contributed by atoms with E-state index in [9.17, 15) is 5.11 Å². The molecule has 1 aliphatic rings. The topological polar surface area (TPSA) is 23.5 Å². The first-order chi connectivity index (χ1) is 10.7. The monoisotopic (exact) mass is 295 g/mol. The molecular formula is C20H25NO. The van der Waals surface area contributed by atoms with E-state index >= 15 is 0 Å². The molecule has 2 heteroatoms. The molecule has 116 valence electrons. The van der Waals surface area contributed by atoms with Crippen LogP contribution in [0.4, 0.5) is 0 Å². The van der Waals surface area contributed by atoms with E-state index in [4.69, 9.17) is 0 Å². The van der Waals surface area contributed by atoms with Crippen LogP contribution in [0.5, 0.6) is 0 Å². The van der Waals surface area contributed by atoms with Gasteiger partial charge >= 0.3 is 0 Å². The fraction of sp³-hybridized carbons (Fsp3) is 0.400. The van der Waals surface area contributed by atoms with Crippen LogP contribution in [0.2, 0.25) is 0 Å². The van der Waals surface area contributed by atoms with Crippen molar-refractivity contribution in [1.29, 1.82) is 0 Å². The van der Waals surface area contributed by atoms with Gasteiger partial charge in [-0.15, -0.1) is 0 Å². The summed E-state index contributed by atoms with van der Waals surface area (Å²) in [5.74, 6) is 0. The highest BCUT2D eigenvalue weighted by Crippen LogP contribution is 2.34. The van der Waals surface area contributed by atoms with Crippen molar-refractivity contribution in [2.45, 2.75) is 38.8 Å². The molecule has 0 aromatic heterocycles.